The Labute approximate surface area is 108 Å². The van der Waals surface area contributed by atoms with Crippen molar-refractivity contribution < 1.29 is 4.79 Å². The van der Waals surface area contributed by atoms with Crippen LogP contribution in [0.15, 0.2) is 6.07 Å². The van der Waals surface area contributed by atoms with Gasteiger partial charge in [0.25, 0.3) is 0 Å². The highest BCUT2D eigenvalue weighted by Crippen LogP contribution is 2.08. The Morgan fingerprint density at radius 3 is 2.56 bits per heavy atom. The molecule has 1 rings (SSSR count). The molecule has 0 spiro atoms. The molecule has 0 saturated carbocycles. The van der Waals surface area contributed by atoms with Crippen LogP contribution in [-0.2, 0) is 4.79 Å². The van der Waals surface area contributed by atoms with Gasteiger partial charge in [-0.05, 0) is 27.7 Å². The fraction of sp³-hybridized carbons (Fsp3) is 0.583. The van der Waals surface area contributed by atoms with E-state index in [4.69, 9.17) is 0 Å². The Hall–Kier alpha value is -1.85. The molecule has 0 radical (unpaired) electrons. The van der Waals surface area contributed by atoms with Crippen LogP contribution < -0.4 is 16.0 Å². The number of carbonyl (C=O) groups excluding carboxylic acids is 1. The van der Waals surface area contributed by atoms with Crippen LogP contribution in [-0.4, -0.2) is 35.0 Å². The van der Waals surface area contributed by atoms with Crippen LogP contribution >= 0.6 is 0 Å². The second-order valence-corrected chi connectivity index (χ2v) is 5.12. The second-order valence-electron chi connectivity index (χ2n) is 5.12. The fourth-order valence-electron chi connectivity index (χ4n) is 1.40. The fourth-order valence-corrected chi connectivity index (χ4v) is 1.40. The Morgan fingerprint density at radius 2 is 2.00 bits per heavy atom. The lowest BCUT2D eigenvalue weighted by Crippen LogP contribution is -2.43. The van der Waals surface area contributed by atoms with Crippen LogP contribution in [0.5, 0.6) is 0 Å². The maximum atomic E-state index is 11.6. The summed E-state index contributed by atoms with van der Waals surface area (Å²) in [7, 11) is 1.75. The average Bonchev–Trinajstić information content (AvgIpc) is 2.23. The summed E-state index contributed by atoms with van der Waals surface area (Å²) in [6.45, 7) is 7.90. The molecule has 0 aliphatic heterocycles. The van der Waals surface area contributed by atoms with Crippen molar-refractivity contribution in [3.8, 4) is 0 Å². The van der Waals surface area contributed by atoms with Crippen LogP contribution in [0.2, 0.25) is 0 Å². The Morgan fingerprint density at radius 1 is 1.33 bits per heavy atom. The first kappa shape index (κ1) is 14.2. The predicted molar refractivity (Wildman–Crippen MR) is 72.7 cm³/mol. The highest BCUT2D eigenvalue weighted by atomic mass is 16.2. The molecular formula is C12H21N5O. The first-order valence-corrected chi connectivity index (χ1v) is 5.88. The topological polar surface area (TPSA) is 78.9 Å². The van der Waals surface area contributed by atoms with Gasteiger partial charge in [0.1, 0.15) is 5.82 Å². The van der Waals surface area contributed by atoms with Crippen molar-refractivity contribution in [1.29, 1.82) is 0 Å². The molecule has 6 heteroatoms. The van der Waals surface area contributed by atoms with Crippen molar-refractivity contribution in [2.75, 3.05) is 24.2 Å². The van der Waals surface area contributed by atoms with Gasteiger partial charge in [0.15, 0.2) is 0 Å². The van der Waals surface area contributed by atoms with Crippen LogP contribution in [0.25, 0.3) is 0 Å². The summed E-state index contributed by atoms with van der Waals surface area (Å²) in [5.41, 5.74) is 0.615. The van der Waals surface area contributed by atoms with Gasteiger partial charge in [-0.1, -0.05) is 0 Å². The summed E-state index contributed by atoms with van der Waals surface area (Å²) in [5, 5.41) is 8.72. The van der Waals surface area contributed by atoms with E-state index >= 15 is 0 Å². The lowest BCUT2D eigenvalue weighted by atomic mass is 10.1. The number of aromatic nitrogens is 2. The largest absolute Gasteiger partial charge is 0.361 e. The molecule has 0 aliphatic carbocycles. The average molecular weight is 251 g/mol. The number of amides is 1. The van der Waals surface area contributed by atoms with Crippen LogP contribution in [0.3, 0.4) is 0 Å². The van der Waals surface area contributed by atoms with Crippen molar-refractivity contribution in [2.45, 2.75) is 33.2 Å². The quantitative estimate of drug-likeness (QED) is 0.748. The molecule has 0 fully saturated rings. The third kappa shape index (κ3) is 4.99. The maximum absolute atomic E-state index is 11.6. The molecule has 1 aromatic rings. The molecule has 0 aliphatic rings. The summed E-state index contributed by atoms with van der Waals surface area (Å²) in [6.07, 6.45) is 0. The molecule has 0 bridgehead atoms. The van der Waals surface area contributed by atoms with Crippen LogP contribution in [0.4, 0.5) is 11.8 Å². The lowest BCUT2D eigenvalue weighted by molar-refractivity contribution is -0.120. The third-order valence-corrected chi connectivity index (χ3v) is 2.02. The highest BCUT2D eigenvalue weighted by Gasteiger charge is 2.13. The lowest BCUT2D eigenvalue weighted by Gasteiger charge is -2.20. The van der Waals surface area contributed by atoms with Gasteiger partial charge < -0.3 is 16.0 Å². The van der Waals surface area contributed by atoms with E-state index in [1.807, 2.05) is 27.7 Å². The Bertz CT molecular complexity index is 425. The number of aryl methyl sites for hydroxylation is 1. The molecular weight excluding hydrogens is 230 g/mol. The zero-order valence-electron chi connectivity index (χ0n) is 11.6. The molecule has 0 saturated heterocycles. The van der Waals surface area contributed by atoms with Crippen molar-refractivity contribution in [1.82, 2.24) is 15.3 Å². The number of hydrogen-bond donors (Lipinski definition) is 3. The molecule has 0 atom stereocenters. The van der Waals surface area contributed by atoms with Crippen LogP contribution in [0.1, 0.15) is 26.5 Å². The van der Waals surface area contributed by atoms with Gasteiger partial charge in [-0.2, -0.15) is 4.98 Å². The second kappa shape index (κ2) is 5.66. The molecule has 3 N–H and O–H groups in total. The van der Waals surface area contributed by atoms with E-state index in [1.54, 1.807) is 13.1 Å². The van der Waals surface area contributed by atoms with Crippen molar-refractivity contribution in [2.24, 2.45) is 0 Å². The van der Waals surface area contributed by atoms with Crippen molar-refractivity contribution in [3.63, 3.8) is 0 Å². The van der Waals surface area contributed by atoms with E-state index in [2.05, 4.69) is 25.9 Å². The van der Waals surface area contributed by atoms with Gasteiger partial charge in [-0.15, -0.1) is 0 Å². The smallest absolute Gasteiger partial charge is 0.239 e. The number of hydrogen-bond acceptors (Lipinski definition) is 5. The van der Waals surface area contributed by atoms with E-state index in [-0.39, 0.29) is 18.0 Å². The molecule has 1 heterocycles. The standard InChI is InChI=1S/C12H21N5O/c1-8-6-9(16-11(13-5)15-8)14-7-10(18)17-12(2,3)4/h6H,7H2,1-5H3,(H,17,18)(H2,13,14,15,16). The van der Waals surface area contributed by atoms with E-state index < -0.39 is 0 Å². The monoisotopic (exact) mass is 251 g/mol. The number of carbonyl (C=O) groups is 1. The number of nitrogens with zero attached hydrogens (tertiary/aromatic N) is 2. The number of nitrogens with one attached hydrogen (secondary N) is 3. The minimum Gasteiger partial charge on any atom is -0.361 e. The van der Waals surface area contributed by atoms with E-state index in [0.29, 0.717) is 11.8 Å². The van der Waals surface area contributed by atoms with E-state index in [9.17, 15) is 4.79 Å². The van der Waals surface area contributed by atoms with Gasteiger partial charge in [-0.25, -0.2) is 4.98 Å². The normalized spacial score (nSPS) is 10.9. The van der Waals surface area contributed by atoms with Gasteiger partial charge in [0, 0.05) is 24.3 Å². The molecule has 1 aromatic heterocycles. The number of anilines is 2. The molecule has 6 nitrogen and oxygen atoms in total. The van der Waals surface area contributed by atoms with Crippen molar-refractivity contribution in [3.05, 3.63) is 11.8 Å². The van der Waals surface area contributed by atoms with Gasteiger partial charge >= 0.3 is 0 Å². The molecule has 0 unspecified atom stereocenters. The van der Waals surface area contributed by atoms with Gasteiger partial charge in [0.05, 0.1) is 6.54 Å². The maximum Gasteiger partial charge on any atom is 0.239 e. The molecule has 100 valence electrons. The highest BCUT2D eigenvalue weighted by molar-refractivity contribution is 5.81. The third-order valence-electron chi connectivity index (χ3n) is 2.02. The minimum atomic E-state index is -0.226. The molecule has 18 heavy (non-hydrogen) atoms. The van der Waals surface area contributed by atoms with E-state index in [0.717, 1.165) is 5.69 Å². The summed E-state index contributed by atoms with van der Waals surface area (Å²) in [4.78, 5) is 20.0. The summed E-state index contributed by atoms with van der Waals surface area (Å²) < 4.78 is 0. The van der Waals surface area contributed by atoms with E-state index in [1.165, 1.54) is 0 Å². The summed E-state index contributed by atoms with van der Waals surface area (Å²) >= 11 is 0. The van der Waals surface area contributed by atoms with Crippen LogP contribution in [0, 0.1) is 6.92 Å². The van der Waals surface area contributed by atoms with Crippen molar-refractivity contribution >= 4 is 17.7 Å². The first-order valence-electron chi connectivity index (χ1n) is 5.88. The molecule has 0 aromatic carbocycles. The zero-order valence-corrected chi connectivity index (χ0v) is 11.6. The summed E-state index contributed by atoms with van der Waals surface area (Å²) in [5.74, 6) is 1.11. The predicted octanol–water partition coefficient (Wildman–Crippen LogP) is 1.15. The van der Waals surface area contributed by atoms with Gasteiger partial charge in [0.2, 0.25) is 11.9 Å². The summed E-state index contributed by atoms with van der Waals surface area (Å²) in [6, 6.07) is 1.80. The zero-order chi connectivity index (χ0) is 13.8. The minimum absolute atomic E-state index is 0.0650. The van der Waals surface area contributed by atoms with Gasteiger partial charge in [-0.3, -0.25) is 4.79 Å². The Balaban J connectivity index is 2.58. The SMILES string of the molecule is CNc1nc(C)cc(NCC(=O)NC(C)(C)C)n1. The first-order chi connectivity index (χ1) is 8.30. The molecule has 1 amide bonds. The number of rotatable bonds is 4. The Kier molecular flexibility index (Phi) is 4.47.